The largest absolute Gasteiger partial charge is 0.347 e. The molecule has 2 heteroatoms. The lowest BCUT2D eigenvalue weighted by Crippen LogP contribution is -2.39. The smallest absolute Gasteiger partial charge is 0.169 e. The fourth-order valence-electron chi connectivity index (χ4n) is 2.32. The van der Waals surface area contributed by atoms with Crippen LogP contribution in [0.5, 0.6) is 0 Å². The Morgan fingerprint density at radius 1 is 1.00 bits per heavy atom. The topological polar surface area (TPSA) is 18.5 Å². The van der Waals surface area contributed by atoms with Gasteiger partial charge < -0.3 is 9.47 Å². The molecule has 0 aliphatic carbocycles. The normalized spacial score (nSPS) is 48.5. The van der Waals surface area contributed by atoms with Crippen molar-refractivity contribution in [3.8, 4) is 0 Å². The molecule has 0 aromatic rings. The molecule has 1 spiro atoms. The molecular weight excluding hydrogens is 152 g/mol. The third kappa shape index (κ3) is 1.50. The Morgan fingerprint density at radius 3 is 2.25 bits per heavy atom. The van der Waals surface area contributed by atoms with Crippen LogP contribution < -0.4 is 0 Å². The van der Waals surface area contributed by atoms with E-state index in [2.05, 4.69) is 13.8 Å². The van der Waals surface area contributed by atoms with Crippen molar-refractivity contribution >= 4 is 0 Å². The highest BCUT2D eigenvalue weighted by Crippen LogP contribution is 2.40. The van der Waals surface area contributed by atoms with Crippen LogP contribution in [0.25, 0.3) is 0 Å². The fourth-order valence-corrected chi connectivity index (χ4v) is 2.32. The molecule has 0 unspecified atom stereocenters. The van der Waals surface area contributed by atoms with Gasteiger partial charge in [-0.25, -0.2) is 0 Å². The zero-order valence-corrected chi connectivity index (χ0v) is 8.01. The zero-order valence-electron chi connectivity index (χ0n) is 8.01. The van der Waals surface area contributed by atoms with Crippen molar-refractivity contribution in [2.24, 2.45) is 0 Å². The van der Waals surface area contributed by atoms with E-state index >= 15 is 0 Å². The van der Waals surface area contributed by atoms with Gasteiger partial charge in [0.1, 0.15) is 0 Å². The average Bonchev–Trinajstić information content (AvgIpc) is 2.32. The number of hydrogen-bond donors (Lipinski definition) is 0. The first kappa shape index (κ1) is 8.52. The maximum atomic E-state index is 5.88. The van der Waals surface area contributed by atoms with Crippen molar-refractivity contribution in [1.82, 2.24) is 0 Å². The van der Waals surface area contributed by atoms with Gasteiger partial charge in [-0.05, 0) is 33.1 Å². The van der Waals surface area contributed by atoms with Crippen molar-refractivity contribution in [1.29, 1.82) is 0 Å². The molecule has 0 aromatic heterocycles. The molecule has 0 aromatic carbocycles. The number of rotatable bonds is 0. The Kier molecular flexibility index (Phi) is 2.13. The molecule has 12 heavy (non-hydrogen) atoms. The van der Waals surface area contributed by atoms with Crippen molar-refractivity contribution in [2.45, 2.75) is 63.9 Å². The SMILES string of the molecule is C[C@H]1CCC[C@]2(CC[C@H](C)O2)O1. The van der Waals surface area contributed by atoms with Crippen LogP contribution in [-0.4, -0.2) is 18.0 Å². The van der Waals surface area contributed by atoms with E-state index in [1.165, 1.54) is 12.8 Å². The first-order valence-corrected chi connectivity index (χ1v) is 5.06. The summed E-state index contributed by atoms with van der Waals surface area (Å²) in [6.07, 6.45) is 6.60. The first-order valence-electron chi connectivity index (χ1n) is 5.06. The molecule has 2 heterocycles. The second kappa shape index (κ2) is 3.00. The van der Waals surface area contributed by atoms with E-state index in [9.17, 15) is 0 Å². The van der Waals surface area contributed by atoms with Gasteiger partial charge in [0, 0.05) is 12.8 Å². The van der Waals surface area contributed by atoms with Gasteiger partial charge in [0.05, 0.1) is 12.2 Å². The first-order chi connectivity index (χ1) is 5.70. The monoisotopic (exact) mass is 170 g/mol. The molecular formula is C10H18O2. The van der Waals surface area contributed by atoms with Gasteiger partial charge in [0.2, 0.25) is 0 Å². The van der Waals surface area contributed by atoms with Crippen molar-refractivity contribution < 1.29 is 9.47 Å². The molecule has 2 nitrogen and oxygen atoms in total. The molecule has 0 N–H and O–H groups in total. The highest BCUT2D eigenvalue weighted by molar-refractivity contribution is 4.83. The predicted octanol–water partition coefficient (Wildman–Crippen LogP) is 2.47. The van der Waals surface area contributed by atoms with E-state index in [-0.39, 0.29) is 5.79 Å². The predicted molar refractivity (Wildman–Crippen MR) is 46.9 cm³/mol. The van der Waals surface area contributed by atoms with Crippen LogP contribution in [0, 0.1) is 0 Å². The van der Waals surface area contributed by atoms with Gasteiger partial charge in [0.25, 0.3) is 0 Å². The van der Waals surface area contributed by atoms with Crippen LogP contribution in [0.1, 0.15) is 46.0 Å². The van der Waals surface area contributed by atoms with Gasteiger partial charge in [-0.1, -0.05) is 0 Å². The standard InChI is InChI=1S/C10H18O2/c1-8-4-3-6-10(11-8)7-5-9(2)12-10/h8-9H,3-7H2,1-2H3/t8-,9-,10-/m0/s1. The van der Waals surface area contributed by atoms with Crippen molar-refractivity contribution in [3.63, 3.8) is 0 Å². The minimum absolute atomic E-state index is 0.183. The Bertz CT molecular complexity index is 165. The van der Waals surface area contributed by atoms with E-state index in [4.69, 9.17) is 9.47 Å². The highest BCUT2D eigenvalue weighted by Gasteiger charge is 2.42. The summed E-state index contributed by atoms with van der Waals surface area (Å²) in [4.78, 5) is 0. The second-order valence-corrected chi connectivity index (χ2v) is 4.20. The van der Waals surface area contributed by atoms with E-state index in [1.807, 2.05) is 0 Å². The minimum atomic E-state index is -0.183. The van der Waals surface area contributed by atoms with Crippen molar-refractivity contribution in [2.75, 3.05) is 0 Å². The van der Waals surface area contributed by atoms with Crippen molar-refractivity contribution in [3.05, 3.63) is 0 Å². The Morgan fingerprint density at radius 2 is 1.67 bits per heavy atom. The molecule has 2 saturated heterocycles. The molecule has 0 radical (unpaired) electrons. The van der Waals surface area contributed by atoms with Crippen LogP contribution in [0.3, 0.4) is 0 Å². The summed E-state index contributed by atoms with van der Waals surface area (Å²) < 4.78 is 11.7. The molecule has 0 amide bonds. The third-order valence-corrected chi connectivity index (χ3v) is 2.93. The molecule has 2 rings (SSSR count). The summed E-state index contributed by atoms with van der Waals surface area (Å²) in [5, 5.41) is 0. The van der Waals surface area contributed by atoms with Gasteiger partial charge in [-0.15, -0.1) is 0 Å². The maximum absolute atomic E-state index is 5.88. The summed E-state index contributed by atoms with van der Waals surface area (Å²) >= 11 is 0. The fraction of sp³-hybridized carbons (Fsp3) is 1.00. The minimum Gasteiger partial charge on any atom is -0.347 e. The molecule has 0 bridgehead atoms. The summed E-state index contributed by atoms with van der Waals surface area (Å²) in [7, 11) is 0. The summed E-state index contributed by atoms with van der Waals surface area (Å²) in [5.74, 6) is -0.183. The van der Waals surface area contributed by atoms with Crippen LogP contribution >= 0.6 is 0 Å². The van der Waals surface area contributed by atoms with Gasteiger partial charge in [-0.2, -0.15) is 0 Å². The van der Waals surface area contributed by atoms with Gasteiger partial charge in [-0.3, -0.25) is 0 Å². The quantitative estimate of drug-likeness (QED) is 0.556. The molecule has 2 aliphatic rings. The second-order valence-electron chi connectivity index (χ2n) is 4.20. The van der Waals surface area contributed by atoms with Crippen LogP contribution in [0.2, 0.25) is 0 Å². The number of hydrogen-bond acceptors (Lipinski definition) is 2. The van der Waals surface area contributed by atoms with E-state index in [1.54, 1.807) is 0 Å². The Hall–Kier alpha value is -0.0800. The highest BCUT2D eigenvalue weighted by atomic mass is 16.7. The molecule has 0 saturated carbocycles. The van der Waals surface area contributed by atoms with Crippen LogP contribution in [0.4, 0.5) is 0 Å². The zero-order chi connectivity index (χ0) is 8.60. The maximum Gasteiger partial charge on any atom is 0.169 e. The Balaban J connectivity index is 2.00. The van der Waals surface area contributed by atoms with Crippen LogP contribution in [-0.2, 0) is 9.47 Å². The molecule has 3 atom stereocenters. The molecule has 70 valence electrons. The number of ether oxygens (including phenoxy) is 2. The molecule has 2 fully saturated rings. The Labute approximate surface area is 74.2 Å². The molecule has 2 aliphatic heterocycles. The lowest BCUT2D eigenvalue weighted by molar-refractivity contribution is -0.264. The summed E-state index contributed by atoms with van der Waals surface area (Å²) in [6, 6.07) is 0. The third-order valence-electron chi connectivity index (χ3n) is 2.93. The average molecular weight is 170 g/mol. The lowest BCUT2D eigenvalue weighted by atomic mass is 9.99. The van der Waals surface area contributed by atoms with E-state index in [0.717, 1.165) is 19.3 Å². The summed E-state index contributed by atoms with van der Waals surface area (Å²) in [6.45, 7) is 4.28. The van der Waals surface area contributed by atoms with Gasteiger partial charge in [0.15, 0.2) is 5.79 Å². The van der Waals surface area contributed by atoms with Gasteiger partial charge >= 0.3 is 0 Å². The van der Waals surface area contributed by atoms with E-state index in [0.29, 0.717) is 12.2 Å². The van der Waals surface area contributed by atoms with Crippen LogP contribution in [0.15, 0.2) is 0 Å². The summed E-state index contributed by atoms with van der Waals surface area (Å²) in [5.41, 5.74) is 0. The van der Waals surface area contributed by atoms with E-state index < -0.39 is 0 Å². The lowest BCUT2D eigenvalue weighted by Gasteiger charge is -2.36.